The zero-order chi connectivity index (χ0) is 11.3. The Hall–Kier alpha value is -0.370. The first-order chi connectivity index (χ1) is 7.19. The second-order valence-corrected chi connectivity index (χ2v) is 4.92. The lowest BCUT2D eigenvalue weighted by atomic mass is 9.77. The van der Waals surface area contributed by atoms with E-state index in [9.17, 15) is 4.79 Å². The highest BCUT2D eigenvalue weighted by molar-refractivity contribution is 5.86. The summed E-state index contributed by atoms with van der Waals surface area (Å²) in [5, 5.41) is 0. The minimum atomic E-state index is -0.196. The number of ketones is 1. The van der Waals surface area contributed by atoms with Crippen LogP contribution in [-0.2, 0) is 4.79 Å². The molecule has 1 rings (SSSR count). The van der Waals surface area contributed by atoms with E-state index in [0.29, 0.717) is 5.78 Å². The van der Waals surface area contributed by atoms with Crippen molar-refractivity contribution in [2.24, 2.45) is 17.6 Å². The predicted molar refractivity (Wildman–Crippen MR) is 63.6 cm³/mol. The molecule has 0 saturated heterocycles. The van der Waals surface area contributed by atoms with Crippen molar-refractivity contribution in [1.29, 1.82) is 0 Å². The van der Waals surface area contributed by atoms with Crippen LogP contribution in [0.5, 0.6) is 0 Å². The maximum atomic E-state index is 12.0. The highest BCUT2D eigenvalue weighted by Crippen LogP contribution is 2.31. The van der Waals surface area contributed by atoms with Crippen molar-refractivity contribution in [1.82, 2.24) is 0 Å². The molecule has 1 unspecified atom stereocenters. The largest absolute Gasteiger partial charge is 0.321 e. The first-order valence-corrected chi connectivity index (χ1v) is 6.48. The lowest BCUT2D eigenvalue weighted by Gasteiger charge is -2.28. The summed E-state index contributed by atoms with van der Waals surface area (Å²) in [6.07, 6.45) is 7.74. The van der Waals surface area contributed by atoms with Crippen molar-refractivity contribution in [3.05, 3.63) is 0 Å². The molecule has 0 bridgehead atoms. The Morgan fingerprint density at radius 2 is 1.87 bits per heavy atom. The standard InChI is InChI=1S/C13H25NO/c1-3-5-12(14)13(15)11-8-6-10(4-2)7-9-11/h10-12H,3-9,14H2,1-2H3. The SMILES string of the molecule is CCCC(N)C(=O)C1CCC(CC)CC1. The molecule has 0 spiro atoms. The molecule has 0 aromatic rings. The van der Waals surface area contributed by atoms with Gasteiger partial charge in [-0.1, -0.05) is 26.7 Å². The number of nitrogens with two attached hydrogens (primary N) is 1. The molecule has 1 aliphatic rings. The van der Waals surface area contributed by atoms with Crippen molar-refractivity contribution >= 4 is 5.78 Å². The Balaban J connectivity index is 2.35. The summed E-state index contributed by atoms with van der Waals surface area (Å²) in [6, 6.07) is -0.196. The zero-order valence-electron chi connectivity index (χ0n) is 10.2. The summed E-state index contributed by atoms with van der Waals surface area (Å²) in [5.74, 6) is 1.46. The van der Waals surface area contributed by atoms with Crippen LogP contribution in [0.2, 0.25) is 0 Å². The van der Waals surface area contributed by atoms with Gasteiger partial charge in [-0.15, -0.1) is 0 Å². The first-order valence-electron chi connectivity index (χ1n) is 6.48. The van der Waals surface area contributed by atoms with Gasteiger partial charge in [-0.25, -0.2) is 0 Å². The Kier molecular flexibility index (Phi) is 5.30. The van der Waals surface area contributed by atoms with Gasteiger partial charge in [0.1, 0.15) is 0 Å². The van der Waals surface area contributed by atoms with Crippen LogP contribution in [-0.4, -0.2) is 11.8 Å². The summed E-state index contributed by atoms with van der Waals surface area (Å²) in [5.41, 5.74) is 5.88. The molecule has 1 aliphatic carbocycles. The summed E-state index contributed by atoms with van der Waals surface area (Å²) in [6.45, 7) is 4.33. The Bertz CT molecular complexity index is 195. The van der Waals surface area contributed by atoms with Crippen LogP contribution in [0.4, 0.5) is 0 Å². The van der Waals surface area contributed by atoms with E-state index in [1.165, 1.54) is 19.3 Å². The van der Waals surface area contributed by atoms with Crippen molar-refractivity contribution in [3.63, 3.8) is 0 Å². The number of hydrogen-bond acceptors (Lipinski definition) is 2. The van der Waals surface area contributed by atoms with Crippen LogP contribution in [0.15, 0.2) is 0 Å². The molecule has 1 saturated carbocycles. The number of carbonyl (C=O) groups is 1. The fourth-order valence-corrected chi connectivity index (χ4v) is 2.61. The van der Waals surface area contributed by atoms with E-state index in [2.05, 4.69) is 13.8 Å². The second kappa shape index (κ2) is 6.26. The molecule has 2 N–H and O–H groups in total. The van der Waals surface area contributed by atoms with E-state index in [4.69, 9.17) is 5.73 Å². The number of carbonyl (C=O) groups excluding carboxylic acids is 1. The average molecular weight is 211 g/mol. The molecular formula is C13H25NO. The Labute approximate surface area is 93.6 Å². The van der Waals surface area contributed by atoms with Crippen LogP contribution in [0, 0.1) is 11.8 Å². The van der Waals surface area contributed by atoms with Crippen LogP contribution < -0.4 is 5.73 Å². The van der Waals surface area contributed by atoms with Gasteiger partial charge >= 0.3 is 0 Å². The van der Waals surface area contributed by atoms with E-state index in [0.717, 1.165) is 31.6 Å². The molecule has 2 nitrogen and oxygen atoms in total. The molecule has 2 heteroatoms. The van der Waals surface area contributed by atoms with Crippen molar-refractivity contribution < 1.29 is 4.79 Å². The van der Waals surface area contributed by atoms with Gasteiger partial charge in [-0.05, 0) is 38.0 Å². The van der Waals surface area contributed by atoms with Crippen molar-refractivity contribution in [2.75, 3.05) is 0 Å². The molecule has 0 aromatic heterocycles. The third-order valence-electron chi connectivity index (χ3n) is 3.79. The highest BCUT2D eigenvalue weighted by Gasteiger charge is 2.28. The first kappa shape index (κ1) is 12.7. The molecule has 1 fully saturated rings. The zero-order valence-corrected chi connectivity index (χ0v) is 10.2. The smallest absolute Gasteiger partial charge is 0.152 e. The lowest BCUT2D eigenvalue weighted by molar-refractivity contribution is -0.125. The predicted octanol–water partition coefficient (Wildman–Crippen LogP) is 2.90. The van der Waals surface area contributed by atoms with Gasteiger partial charge in [0.05, 0.1) is 6.04 Å². The van der Waals surface area contributed by atoms with E-state index < -0.39 is 0 Å². The normalized spacial score (nSPS) is 28.7. The number of Topliss-reactive ketones (excluding diaryl/α,β-unsaturated/α-hetero) is 1. The van der Waals surface area contributed by atoms with Crippen LogP contribution in [0.25, 0.3) is 0 Å². The van der Waals surface area contributed by atoms with Gasteiger partial charge < -0.3 is 5.73 Å². The average Bonchev–Trinajstić information content (AvgIpc) is 2.28. The number of hydrogen-bond donors (Lipinski definition) is 1. The third kappa shape index (κ3) is 3.60. The van der Waals surface area contributed by atoms with Crippen LogP contribution >= 0.6 is 0 Å². The van der Waals surface area contributed by atoms with E-state index >= 15 is 0 Å². The third-order valence-corrected chi connectivity index (χ3v) is 3.79. The topological polar surface area (TPSA) is 43.1 Å². The highest BCUT2D eigenvalue weighted by atomic mass is 16.1. The van der Waals surface area contributed by atoms with E-state index in [1.807, 2.05) is 0 Å². The Morgan fingerprint density at radius 1 is 1.27 bits per heavy atom. The lowest BCUT2D eigenvalue weighted by Crippen LogP contribution is -2.37. The van der Waals surface area contributed by atoms with Crippen molar-refractivity contribution in [3.8, 4) is 0 Å². The molecule has 0 amide bonds. The molecule has 0 heterocycles. The maximum absolute atomic E-state index is 12.0. The van der Waals surface area contributed by atoms with Gasteiger partial charge in [0.25, 0.3) is 0 Å². The molecule has 0 aliphatic heterocycles. The molecule has 0 aromatic carbocycles. The molecule has 88 valence electrons. The Morgan fingerprint density at radius 3 is 2.33 bits per heavy atom. The van der Waals surface area contributed by atoms with Crippen LogP contribution in [0.1, 0.15) is 58.8 Å². The van der Waals surface area contributed by atoms with Gasteiger partial charge in [-0.2, -0.15) is 0 Å². The van der Waals surface area contributed by atoms with E-state index in [1.54, 1.807) is 0 Å². The minimum absolute atomic E-state index is 0.196. The van der Waals surface area contributed by atoms with Gasteiger partial charge in [0.2, 0.25) is 0 Å². The second-order valence-electron chi connectivity index (χ2n) is 4.92. The maximum Gasteiger partial charge on any atom is 0.152 e. The van der Waals surface area contributed by atoms with Gasteiger partial charge in [0.15, 0.2) is 5.78 Å². The van der Waals surface area contributed by atoms with Gasteiger partial charge in [0, 0.05) is 5.92 Å². The quantitative estimate of drug-likeness (QED) is 0.760. The summed E-state index contributed by atoms with van der Waals surface area (Å²) in [4.78, 5) is 12.0. The fraction of sp³-hybridized carbons (Fsp3) is 0.923. The molecular weight excluding hydrogens is 186 g/mol. The molecule has 1 atom stereocenters. The van der Waals surface area contributed by atoms with E-state index in [-0.39, 0.29) is 12.0 Å². The van der Waals surface area contributed by atoms with Crippen molar-refractivity contribution in [2.45, 2.75) is 64.8 Å². The molecule has 0 radical (unpaired) electrons. The summed E-state index contributed by atoms with van der Waals surface area (Å²) < 4.78 is 0. The van der Waals surface area contributed by atoms with Gasteiger partial charge in [-0.3, -0.25) is 4.79 Å². The van der Waals surface area contributed by atoms with Crippen LogP contribution in [0.3, 0.4) is 0 Å². The summed E-state index contributed by atoms with van der Waals surface area (Å²) >= 11 is 0. The number of rotatable bonds is 5. The summed E-state index contributed by atoms with van der Waals surface area (Å²) in [7, 11) is 0. The fourth-order valence-electron chi connectivity index (χ4n) is 2.61. The monoisotopic (exact) mass is 211 g/mol. The molecule has 15 heavy (non-hydrogen) atoms. The minimum Gasteiger partial charge on any atom is -0.321 e.